The number of ether oxygens (including phenoxy) is 1. The van der Waals surface area contributed by atoms with Gasteiger partial charge in [0.1, 0.15) is 0 Å². The van der Waals surface area contributed by atoms with Gasteiger partial charge in [-0.1, -0.05) is 12.1 Å². The van der Waals surface area contributed by atoms with Crippen LogP contribution in [0.3, 0.4) is 0 Å². The van der Waals surface area contributed by atoms with E-state index < -0.39 is 6.67 Å². The van der Waals surface area contributed by atoms with Crippen molar-refractivity contribution in [2.45, 2.75) is 19.4 Å². The fraction of sp³-hybridized carbons (Fsp3) is 0.600. The third kappa shape index (κ3) is 4.46. The number of para-hydroxylation sites is 1. The molecular formula is C15H24ClFN2O2. The Labute approximate surface area is 131 Å². The van der Waals surface area contributed by atoms with Crippen LogP contribution in [0.2, 0.25) is 0 Å². The second-order valence-electron chi connectivity index (χ2n) is 4.91. The van der Waals surface area contributed by atoms with Crippen LogP contribution >= 0.6 is 12.4 Å². The molecule has 0 saturated carbocycles. The van der Waals surface area contributed by atoms with E-state index in [0.717, 1.165) is 31.7 Å². The number of nitrogens with zero attached hydrogens (tertiary/aromatic N) is 1. The molecule has 21 heavy (non-hydrogen) atoms. The molecule has 0 amide bonds. The number of benzene rings is 1. The molecule has 0 bridgehead atoms. The molecule has 2 N–H and O–H groups in total. The van der Waals surface area contributed by atoms with E-state index in [1.54, 1.807) is 6.07 Å². The predicted molar refractivity (Wildman–Crippen MR) is 84.3 cm³/mol. The number of hydrogen-bond acceptors (Lipinski definition) is 4. The lowest BCUT2D eigenvalue weighted by atomic mass is 10.00. The van der Waals surface area contributed by atoms with E-state index in [1.807, 2.05) is 19.1 Å². The number of phenolic OH excluding ortho intramolecular Hbond substituents is 1. The molecular weight excluding hydrogens is 295 g/mol. The Morgan fingerprint density at radius 1 is 1.38 bits per heavy atom. The first-order valence-electron chi connectivity index (χ1n) is 7.23. The highest BCUT2D eigenvalue weighted by molar-refractivity contribution is 5.85. The molecule has 1 aromatic rings. The summed E-state index contributed by atoms with van der Waals surface area (Å²) in [4.78, 5) is 2.22. The van der Waals surface area contributed by atoms with Crippen molar-refractivity contribution in [2.75, 3.05) is 39.5 Å². The molecule has 4 nitrogen and oxygen atoms in total. The first-order chi connectivity index (χ1) is 9.77. The fourth-order valence-corrected chi connectivity index (χ4v) is 2.71. The van der Waals surface area contributed by atoms with Crippen molar-refractivity contribution in [3.05, 3.63) is 23.8 Å². The molecule has 0 aromatic heterocycles. The lowest BCUT2D eigenvalue weighted by molar-refractivity contribution is 0.154. The first kappa shape index (κ1) is 18.0. The lowest BCUT2D eigenvalue weighted by Crippen LogP contribution is -2.45. The maximum atomic E-state index is 12.9. The molecule has 1 fully saturated rings. The third-order valence-corrected chi connectivity index (χ3v) is 3.66. The number of aromatic hydroxyl groups is 1. The molecule has 0 radical (unpaired) electrons. The molecule has 1 aliphatic heterocycles. The van der Waals surface area contributed by atoms with Crippen molar-refractivity contribution in [1.82, 2.24) is 10.2 Å². The monoisotopic (exact) mass is 318 g/mol. The van der Waals surface area contributed by atoms with Crippen LogP contribution in [0.5, 0.6) is 11.5 Å². The van der Waals surface area contributed by atoms with Gasteiger partial charge >= 0.3 is 0 Å². The zero-order valence-electron chi connectivity index (χ0n) is 12.3. The van der Waals surface area contributed by atoms with Crippen LogP contribution < -0.4 is 10.1 Å². The van der Waals surface area contributed by atoms with Crippen molar-refractivity contribution in [3.8, 4) is 11.5 Å². The van der Waals surface area contributed by atoms with E-state index in [9.17, 15) is 9.50 Å². The van der Waals surface area contributed by atoms with Crippen molar-refractivity contribution in [3.63, 3.8) is 0 Å². The van der Waals surface area contributed by atoms with Gasteiger partial charge in [-0.15, -0.1) is 12.4 Å². The molecule has 1 saturated heterocycles. The van der Waals surface area contributed by atoms with Gasteiger partial charge in [0.25, 0.3) is 0 Å². The van der Waals surface area contributed by atoms with Gasteiger partial charge in [0.2, 0.25) is 0 Å². The van der Waals surface area contributed by atoms with Crippen LogP contribution in [-0.2, 0) is 0 Å². The van der Waals surface area contributed by atoms with Gasteiger partial charge in [0.15, 0.2) is 11.5 Å². The summed E-state index contributed by atoms with van der Waals surface area (Å²) in [5.74, 6) is 0.621. The highest BCUT2D eigenvalue weighted by Gasteiger charge is 2.25. The molecule has 1 aromatic carbocycles. The molecule has 120 valence electrons. The van der Waals surface area contributed by atoms with Crippen molar-refractivity contribution >= 4 is 12.4 Å². The summed E-state index contributed by atoms with van der Waals surface area (Å²) in [5, 5.41) is 13.6. The molecule has 1 aliphatic rings. The Morgan fingerprint density at radius 3 is 2.71 bits per heavy atom. The maximum Gasteiger partial charge on any atom is 0.162 e. The van der Waals surface area contributed by atoms with Crippen LogP contribution in [0, 0.1) is 0 Å². The number of alkyl halides is 1. The van der Waals surface area contributed by atoms with Crippen LogP contribution in [0.1, 0.15) is 24.9 Å². The second kappa shape index (κ2) is 9.07. The summed E-state index contributed by atoms with van der Waals surface area (Å²) in [6, 6.07) is 5.36. The molecule has 0 spiro atoms. The van der Waals surface area contributed by atoms with E-state index in [4.69, 9.17) is 4.74 Å². The number of rotatable bonds is 6. The highest BCUT2D eigenvalue weighted by atomic mass is 35.5. The van der Waals surface area contributed by atoms with E-state index in [0.29, 0.717) is 18.8 Å². The van der Waals surface area contributed by atoms with Crippen molar-refractivity contribution in [2.24, 2.45) is 0 Å². The minimum atomic E-state index is -0.396. The van der Waals surface area contributed by atoms with Crippen LogP contribution in [0.15, 0.2) is 18.2 Å². The summed E-state index contributed by atoms with van der Waals surface area (Å²) in [5.41, 5.74) is 0.760. The Balaban J connectivity index is 0.00000220. The topological polar surface area (TPSA) is 44.7 Å². The van der Waals surface area contributed by atoms with Gasteiger partial charge in [0.05, 0.1) is 13.3 Å². The van der Waals surface area contributed by atoms with E-state index in [2.05, 4.69) is 10.2 Å². The van der Waals surface area contributed by atoms with Crippen LogP contribution in [0.25, 0.3) is 0 Å². The Morgan fingerprint density at radius 2 is 2.10 bits per heavy atom. The maximum absolute atomic E-state index is 12.9. The summed E-state index contributed by atoms with van der Waals surface area (Å²) in [6.45, 7) is 5.50. The minimum absolute atomic E-state index is 0. The predicted octanol–water partition coefficient (Wildman–Crippen LogP) is 2.52. The van der Waals surface area contributed by atoms with Gasteiger partial charge in [-0.2, -0.15) is 0 Å². The molecule has 6 heteroatoms. The third-order valence-electron chi connectivity index (χ3n) is 3.66. The van der Waals surface area contributed by atoms with Crippen molar-refractivity contribution < 1.29 is 14.2 Å². The average Bonchev–Trinajstić information content (AvgIpc) is 2.49. The first-order valence-corrected chi connectivity index (χ1v) is 7.23. The Bertz CT molecular complexity index is 428. The van der Waals surface area contributed by atoms with Gasteiger partial charge in [-0.3, -0.25) is 9.29 Å². The van der Waals surface area contributed by atoms with E-state index in [1.165, 1.54) is 0 Å². The highest BCUT2D eigenvalue weighted by Crippen LogP contribution is 2.37. The molecule has 1 atom stereocenters. The zero-order valence-corrected chi connectivity index (χ0v) is 13.2. The zero-order chi connectivity index (χ0) is 14.4. The van der Waals surface area contributed by atoms with Gasteiger partial charge in [0, 0.05) is 37.8 Å². The number of phenols is 1. The normalized spacial score (nSPS) is 17.0. The van der Waals surface area contributed by atoms with Gasteiger partial charge in [-0.25, -0.2) is 0 Å². The average molecular weight is 319 g/mol. The van der Waals surface area contributed by atoms with E-state index >= 15 is 0 Å². The second-order valence-corrected chi connectivity index (χ2v) is 4.91. The quantitative estimate of drug-likeness (QED) is 0.846. The largest absolute Gasteiger partial charge is 0.504 e. The molecule has 2 rings (SSSR count). The fourth-order valence-electron chi connectivity index (χ4n) is 2.71. The van der Waals surface area contributed by atoms with Crippen LogP contribution in [0.4, 0.5) is 4.39 Å². The van der Waals surface area contributed by atoms with E-state index in [-0.39, 0.29) is 24.2 Å². The molecule has 1 heterocycles. The van der Waals surface area contributed by atoms with Gasteiger partial charge in [-0.05, 0) is 19.4 Å². The SMILES string of the molecule is CCOc1cccc([C@H](CCF)N2CCNCC2)c1O.Cl. The number of hydrogen-bond donors (Lipinski definition) is 2. The smallest absolute Gasteiger partial charge is 0.162 e. The van der Waals surface area contributed by atoms with Crippen LogP contribution in [-0.4, -0.2) is 49.5 Å². The Kier molecular flexibility index (Phi) is 7.78. The molecule has 0 unspecified atom stereocenters. The summed E-state index contributed by atoms with van der Waals surface area (Å²) in [6.07, 6.45) is 0.392. The standard InChI is InChI=1S/C15H23FN2O2.ClH/c1-2-20-14-5-3-4-12(15(14)19)13(6-7-16)18-10-8-17-9-11-18;/h3-5,13,17,19H,2,6-11H2,1H3;1H/t13-;/m0./s1. The number of halogens is 2. The molecule has 0 aliphatic carbocycles. The summed E-state index contributed by atoms with van der Waals surface area (Å²) < 4.78 is 18.3. The summed E-state index contributed by atoms with van der Waals surface area (Å²) in [7, 11) is 0. The van der Waals surface area contributed by atoms with Gasteiger partial charge < -0.3 is 15.2 Å². The lowest BCUT2D eigenvalue weighted by Gasteiger charge is -2.35. The number of piperazine rings is 1. The Hall–Kier alpha value is -1.04. The minimum Gasteiger partial charge on any atom is -0.504 e. The number of nitrogens with one attached hydrogen (secondary N) is 1. The summed E-state index contributed by atoms with van der Waals surface area (Å²) >= 11 is 0. The van der Waals surface area contributed by atoms with Crippen molar-refractivity contribution in [1.29, 1.82) is 0 Å².